The number of carbonyl (C=O) groups is 2. The normalized spacial score (nSPS) is 14.9. The standard InChI is InChI=1S/C19H24N4O3/c1-3-17(24)21-14-6-7-18(20-13-14)26-15-8-11-23(12-9-15)19(25)16-5-4-10-22(16)2/h4-7,10,13,15H,3,8-9,11-12H2,1-2H3,(H,21,24). The van der Waals surface area contributed by atoms with E-state index in [1.807, 2.05) is 34.8 Å². The fourth-order valence-electron chi connectivity index (χ4n) is 2.97. The van der Waals surface area contributed by atoms with Gasteiger partial charge >= 0.3 is 0 Å². The highest BCUT2D eigenvalue weighted by molar-refractivity contribution is 5.92. The molecule has 138 valence electrons. The Labute approximate surface area is 153 Å². The molecule has 0 saturated carbocycles. The number of anilines is 1. The van der Waals surface area contributed by atoms with Crippen molar-refractivity contribution in [3.63, 3.8) is 0 Å². The van der Waals surface area contributed by atoms with Gasteiger partial charge in [0.1, 0.15) is 11.8 Å². The Hall–Kier alpha value is -2.83. The molecule has 2 aromatic heterocycles. The van der Waals surface area contributed by atoms with Crippen LogP contribution in [0.3, 0.4) is 0 Å². The molecule has 0 atom stereocenters. The lowest BCUT2D eigenvalue weighted by molar-refractivity contribution is -0.115. The molecule has 0 spiro atoms. The lowest BCUT2D eigenvalue weighted by Gasteiger charge is -2.32. The second kappa shape index (κ2) is 8.03. The van der Waals surface area contributed by atoms with Gasteiger partial charge in [-0.2, -0.15) is 0 Å². The summed E-state index contributed by atoms with van der Waals surface area (Å²) in [6, 6.07) is 7.26. The number of nitrogens with zero attached hydrogens (tertiary/aromatic N) is 3. The number of aromatic nitrogens is 2. The van der Waals surface area contributed by atoms with Crippen molar-refractivity contribution in [1.29, 1.82) is 0 Å². The van der Waals surface area contributed by atoms with E-state index in [9.17, 15) is 9.59 Å². The van der Waals surface area contributed by atoms with E-state index in [2.05, 4.69) is 10.3 Å². The predicted molar refractivity (Wildman–Crippen MR) is 98.1 cm³/mol. The minimum Gasteiger partial charge on any atom is -0.474 e. The first-order valence-corrected chi connectivity index (χ1v) is 8.90. The highest BCUT2D eigenvalue weighted by Crippen LogP contribution is 2.20. The van der Waals surface area contributed by atoms with E-state index in [-0.39, 0.29) is 17.9 Å². The Morgan fingerprint density at radius 2 is 2.04 bits per heavy atom. The summed E-state index contributed by atoms with van der Waals surface area (Å²) < 4.78 is 7.76. The summed E-state index contributed by atoms with van der Waals surface area (Å²) in [7, 11) is 1.88. The lowest BCUT2D eigenvalue weighted by atomic mass is 10.1. The van der Waals surface area contributed by atoms with Crippen LogP contribution in [0.25, 0.3) is 0 Å². The Morgan fingerprint density at radius 3 is 2.62 bits per heavy atom. The third kappa shape index (κ3) is 4.22. The summed E-state index contributed by atoms with van der Waals surface area (Å²) >= 11 is 0. The minimum absolute atomic E-state index is 0.0380. The molecule has 0 unspecified atom stereocenters. The number of nitrogens with one attached hydrogen (secondary N) is 1. The zero-order chi connectivity index (χ0) is 18.5. The van der Waals surface area contributed by atoms with E-state index in [1.54, 1.807) is 25.3 Å². The van der Waals surface area contributed by atoms with Crippen molar-refractivity contribution in [3.8, 4) is 5.88 Å². The van der Waals surface area contributed by atoms with Crippen molar-refractivity contribution in [3.05, 3.63) is 42.4 Å². The van der Waals surface area contributed by atoms with E-state index >= 15 is 0 Å². The van der Waals surface area contributed by atoms with E-state index in [0.29, 0.717) is 36.8 Å². The van der Waals surface area contributed by atoms with Gasteiger partial charge in [0, 0.05) is 51.7 Å². The van der Waals surface area contributed by atoms with Gasteiger partial charge in [-0.05, 0) is 18.2 Å². The van der Waals surface area contributed by atoms with Crippen LogP contribution in [0.4, 0.5) is 5.69 Å². The number of aryl methyl sites for hydroxylation is 1. The van der Waals surface area contributed by atoms with Crippen LogP contribution in [-0.4, -0.2) is 45.5 Å². The van der Waals surface area contributed by atoms with Crippen LogP contribution in [0.2, 0.25) is 0 Å². The van der Waals surface area contributed by atoms with Crippen molar-refractivity contribution in [1.82, 2.24) is 14.5 Å². The molecule has 1 aliphatic heterocycles. The molecular weight excluding hydrogens is 332 g/mol. The highest BCUT2D eigenvalue weighted by atomic mass is 16.5. The Kier molecular flexibility index (Phi) is 5.55. The van der Waals surface area contributed by atoms with Crippen molar-refractivity contribution >= 4 is 17.5 Å². The Bertz CT molecular complexity index is 761. The summed E-state index contributed by atoms with van der Waals surface area (Å²) in [5, 5.41) is 2.76. The molecule has 0 aromatic carbocycles. The predicted octanol–water partition coefficient (Wildman–Crippen LogP) is 2.45. The highest BCUT2D eigenvalue weighted by Gasteiger charge is 2.25. The second-order valence-electron chi connectivity index (χ2n) is 6.40. The first kappa shape index (κ1) is 18.0. The molecule has 1 N–H and O–H groups in total. The topological polar surface area (TPSA) is 76.5 Å². The fourth-order valence-corrected chi connectivity index (χ4v) is 2.97. The third-order valence-electron chi connectivity index (χ3n) is 4.52. The fraction of sp³-hybridized carbons (Fsp3) is 0.421. The molecule has 3 heterocycles. The summed E-state index contributed by atoms with van der Waals surface area (Å²) in [6.45, 7) is 3.13. The number of pyridine rings is 1. The molecule has 1 aliphatic rings. The number of rotatable bonds is 5. The van der Waals surface area contributed by atoms with Crippen LogP contribution in [-0.2, 0) is 11.8 Å². The van der Waals surface area contributed by atoms with Gasteiger partial charge in [-0.3, -0.25) is 9.59 Å². The van der Waals surface area contributed by atoms with E-state index < -0.39 is 0 Å². The Balaban J connectivity index is 1.50. The molecule has 0 radical (unpaired) electrons. The number of hydrogen-bond acceptors (Lipinski definition) is 4. The van der Waals surface area contributed by atoms with Crippen LogP contribution >= 0.6 is 0 Å². The van der Waals surface area contributed by atoms with E-state index in [0.717, 1.165) is 12.8 Å². The molecule has 7 nitrogen and oxygen atoms in total. The summed E-state index contributed by atoms with van der Waals surface area (Å²) in [5.74, 6) is 0.549. The molecular formula is C19H24N4O3. The molecule has 2 aromatic rings. The number of amides is 2. The molecule has 7 heteroatoms. The van der Waals surface area contributed by atoms with Crippen LogP contribution in [0.15, 0.2) is 36.7 Å². The maximum atomic E-state index is 12.5. The molecule has 1 saturated heterocycles. The van der Waals surface area contributed by atoms with E-state index in [1.165, 1.54) is 0 Å². The average molecular weight is 356 g/mol. The maximum Gasteiger partial charge on any atom is 0.270 e. The minimum atomic E-state index is -0.0456. The van der Waals surface area contributed by atoms with Crippen LogP contribution in [0.1, 0.15) is 36.7 Å². The molecule has 26 heavy (non-hydrogen) atoms. The van der Waals surface area contributed by atoms with Crippen molar-refractivity contribution in [2.75, 3.05) is 18.4 Å². The smallest absolute Gasteiger partial charge is 0.270 e. The summed E-state index contributed by atoms with van der Waals surface area (Å²) in [6.07, 6.45) is 5.48. The van der Waals surface area contributed by atoms with Gasteiger partial charge in [-0.25, -0.2) is 4.98 Å². The van der Waals surface area contributed by atoms with Gasteiger partial charge in [0.2, 0.25) is 11.8 Å². The maximum absolute atomic E-state index is 12.5. The second-order valence-corrected chi connectivity index (χ2v) is 6.40. The lowest BCUT2D eigenvalue weighted by Crippen LogP contribution is -2.42. The number of carbonyl (C=O) groups excluding carboxylic acids is 2. The Morgan fingerprint density at radius 1 is 1.27 bits per heavy atom. The zero-order valence-electron chi connectivity index (χ0n) is 15.1. The molecule has 0 aliphatic carbocycles. The van der Waals surface area contributed by atoms with Crippen LogP contribution < -0.4 is 10.1 Å². The molecule has 3 rings (SSSR count). The van der Waals surface area contributed by atoms with Gasteiger partial charge in [0.05, 0.1) is 11.9 Å². The first-order chi connectivity index (χ1) is 12.6. The van der Waals surface area contributed by atoms with Crippen LogP contribution in [0, 0.1) is 0 Å². The number of ether oxygens (including phenoxy) is 1. The monoisotopic (exact) mass is 356 g/mol. The first-order valence-electron chi connectivity index (χ1n) is 8.90. The number of hydrogen-bond donors (Lipinski definition) is 1. The van der Waals surface area contributed by atoms with Crippen molar-refractivity contribution in [2.45, 2.75) is 32.3 Å². The van der Waals surface area contributed by atoms with Gasteiger partial charge in [-0.1, -0.05) is 6.92 Å². The quantitative estimate of drug-likeness (QED) is 0.893. The van der Waals surface area contributed by atoms with Crippen LogP contribution in [0.5, 0.6) is 5.88 Å². The molecule has 2 amide bonds. The average Bonchev–Trinajstić information content (AvgIpc) is 3.09. The third-order valence-corrected chi connectivity index (χ3v) is 4.52. The van der Waals surface area contributed by atoms with Gasteiger partial charge in [0.15, 0.2) is 0 Å². The van der Waals surface area contributed by atoms with Crippen molar-refractivity contribution < 1.29 is 14.3 Å². The molecule has 0 bridgehead atoms. The van der Waals surface area contributed by atoms with Gasteiger partial charge in [0.25, 0.3) is 5.91 Å². The largest absolute Gasteiger partial charge is 0.474 e. The SMILES string of the molecule is CCC(=O)Nc1ccc(OC2CCN(C(=O)c3cccn3C)CC2)nc1. The summed E-state index contributed by atoms with van der Waals surface area (Å²) in [4.78, 5) is 30.0. The summed E-state index contributed by atoms with van der Waals surface area (Å²) in [5.41, 5.74) is 1.36. The number of likely N-dealkylation sites (tertiary alicyclic amines) is 1. The number of piperidine rings is 1. The van der Waals surface area contributed by atoms with Gasteiger partial charge < -0.3 is 19.5 Å². The zero-order valence-corrected chi connectivity index (χ0v) is 15.1. The van der Waals surface area contributed by atoms with Gasteiger partial charge in [-0.15, -0.1) is 0 Å². The molecule has 1 fully saturated rings. The van der Waals surface area contributed by atoms with E-state index in [4.69, 9.17) is 4.74 Å². The van der Waals surface area contributed by atoms with Crippen molar-refractivity contribution in [2.24, 2.45) is 7.05 Å².